The van der Waals surface area contributed by atoms with Gasteiger partial charge in [-0.3, -0.25) is 4.79 Å². The number of nitrogens with zero attached hydrogens (tertiary/aromatic N) is 2. The van der Waals surface area contributed by atoms with E-state index < -0.39 is 0 Å². The molecule has 1 saturated heterocycles. The summed E-state index contributed by atoms with van der Waals surface area (Å²) in [5.74, 6) is 0.302. The van der Waals surface area contributed by atoms with Crippen molar-refractivity contribution in [3.8, 4) is 0 Å². The lowest BCUT2D eigenvalue weighted by molar-refractivity contribution is 0.0784. The maximum atomic E-state index is 12.2. The van der Waals surface area contributed by atoms with E-state index in [0.29, 0.717) is 24.6 Å². The molecule has 1 aliphatic rings. The van der Waals surface area contributed by atoms with E-state index >= 15 is 0 Å². The van der Waals surface area contributed by atoms with Gasteiger partial charge in [0.15, 0.2) is 0 Å². The summed E-state index contributed by atoms with van der Waals surface area (Å²) >= 11 is 11.6. The molecule has 1 aliphatic heterocycles. The molecule has 0 spiro atoms. The fourth-order valence-electron chi connectivity index (χ4n) is 2.16. The quantitative estimate of drug-likeness (QED) is 0.868. The highest BCUT2D eigenvalue weighted by molar-refractivity contribution is 6.41. The van der Waals surface area contributed by atoms with Gasteiger partial charge in [0, 0.05) is 25.9 Å². The van der Waals surface area contributed by atoms with Gasteiger partial charge in [-0.15, -0.1) is 0 Å². The topological polar surface area (TPSA) is 53.4 Å². The molecule has 1 unspecified atom stereocenters. The number of carbonyl (C=O) groups excluding carboxylic acids is 1. The van der Waals surface area contributed by atoms with Crippen molar-refractivity contribution in [2.45, 2.75) is 12.8 Å². The van der Waals surface area contributed by atoms with Crippen LogP contribution in [0.5, 0.6) is 0 Å². The van der Waals surface area contributed by atoms with Crippen LogP contribution in [0.4, 0.5) is 0 Å². The lowest BCUT2D eigenvalue weighted by Crippen LogP contribution is -2.28. The van der Waals surface area contributed by atoms with Crippen LogP contribution in [0.2, 0.25) is 10.2 Å². The van der Waals surface area contributed by atoms with E-state index in [-0.39, 0.29) is 22.7 Å². The van der Waals surface area contributed by atoms with Gasteiger partial charge in [0.25, 0.3) is 5.91 Å². The Hall–Kier alpha value is -0.840. The number of aliphatic hydroxyl groups excluding tert-OH is 1. The van der Waals surface area contributed by atoms with Gasteiger partial charge < -0.3 is 10.0 Å². The molecule has 6 heteroatoms. The van der Waals surface area contributed by atoms with Crippen LogP contribution in [-0.4, -0.2) is 40.6 Å². The third-order valence-corrected chi connectivity index (χ3v) is 3.84. The normalized spacial score (nSPS) is 19.3. The highest BCUT2D eigenvalue weighted by atomic mass is 35.5. The van der Waals surface area contributed by atoms with Crippen molar-refractivity contribution in [3.05, 3.63) is 28.0 Å². The first-order valence-electron chi connectivity index (χ1n) is 5.83. The molecule has 1 atom stereocenters. The molecular formula is C12H14Cl2N2O2. The van der Waals surface area contributed by atoms with Crippen LogP contribution in [0.1, 0.15) is 23.2 Å². The van der Waals surface area contributed by atoms with Crippen molar-refractivity contribution in [2.24, 2.45) is 5.92 Å². The predicted molar refractivity (Wildman–Crippen MR) is 70.0 cm³/mol. The Kier molecular flexibility index (Phi) is 4.43. The van der Waals surface area contributed by atoms with Crippen molar-refractivity contribution in [1.82, 2.24) is 9.88 Å². The van der Waals surface area contributed by atoms with Crippen molar-refractivity contribution in [2.75, 3.05) is 19.7 Å². The first-order chi connectivity index (χ1) is 8.61. The first-order valence-corrected chi connectivity index (χ1v) is 6.58. The SMILES string of the molecule is O=C(c1cnc(Cl)c(Cl)c1)N1CCC(CCO)C1. The molecule has 1 amide bonds. The van der Waals surface area contributed by atoms with E-state index in [2.05, 4.69) is 4.98 Å². The second-order valence-electron chi connectivity index (χ2n) is 4.41. The van der Waals surface area contributed by atoms with Gasteiger partial charge in [-0.05, 0) is 24.8 Å². The van der Waals surface area contributed by atoms with Gasteiger partial charge in [-0.2, -0.15) is 0 Å². The number of amides is 1. The van der Waals surface area contributed by atoms with Gasteiger partial charge in [0.1, 0.15) is 5.15 Å². The zero-order chi connectivity index (χ0) is 13.1. The largest absolute Gasteiger partial charge is 0.396 e. The van der Waals surface area contributed by atoms with Crippen LogP contribution in [0.3, 0.4) is 0 Å². The molecule has 0 saturated carbocycles. The molecule has 0 aliphatic carbocycles. The predicted octanol–water partition coefficient (Wildman–Crippen LogP) is 2.23. The number of likely N-dealkylation sites (tertiary alicyclic amines) is 1. The zero-order valence-corrected chi connectivity index (χ0v) is 11.3. The smallest absolute Gasteiger partial charge is 0.255 e. The van der Waals surface area contributed by atoms with E-state index in [1.54, 1.807) is 11.0 Å². The van der Waals surface area contributed by atoms with Crippen LogP contribution in [0.25, 0.3) is 0 Å². The lowest BCUT2D eigenvalue weighted by atomic mass is 10.1. The highest BCUT2D eigenvalue weighted by Gasteiger charge is 2.26. The lowest BCUT2D eigenvalue weighted by Gasteiger charge is -2.16. The molecule has 98 valence electrons. The van der Waals surface area contributed by atoms with Gasteiger partial charge in [0.05, 0.1) is 10.6 Å². The Bertz CT molecular complexity index is 454. The van der Waals surface area contributed by atoms with Crippen LogP contribution in [0.15, 0.2) is 12.3 Å². The van der Waals surface area contributed by atoms with Crippen LogP contribution in [-0.2, 0) is 0 Å². The van der Waals surface area contributed by atoms with E-state index in [1.807, 2.05) is 0 Å². The first kappa shape index (κ1) is 13.6. The third kappa shape index (κ3) is 2.94. The van der Waals surface area contributed by atoms with Crippen molar-refractivity contribution < 1.29 is 9.90 Å². The van der Waals surface area contributed by atoms with Crippen LogP contribution >= 0.6 is 23.2 Å². The summed E-state index contributed by atoms with van der Waals surface area (Å²) in [6, 6.07) is 1.54. The minimum atomic E-state index is -0.0819. The maximum absolute atomic E-state index is 12.2. The number of hydrogen-bond acceptors (Lipinski definition) is 3. The highest BCUT2D eigenvalue weighted by Crippen LogP contribution is 2.24. The number of aliphatic hydroxyl groups is 1. The molecule has 1 aromatic heterocycles. The molecule has 1 fully saturated rings. The monoisotopic (exact) mass is 288 g/mol. The number of halogens is 2. The van der Waals surface area contributed by atoms with E-state index in [4.69, 9.17) is 28.3 Å². The molecule has 18 heavy (non-hydrogen) atoms. The molecule has 0 aromatic carbocycles. The van der Waals surface area contributed by atoms with E-state index in [0.717, 1.165) is 12.8 Å². The molecule has 2 rings (SSSR count). The van der Waals surface area contributed by atoms with E-state index in [9.17, 15) is 4.79 Å². The summed E-state index contributed by atoms with van der Waals surface area (Å²) in [4.78, 5) is 17.8. The summed E-state index contributed by atoms with van der Waals surface area (Å²) < 4.78 is 0. The van der Waals surface area contributed by atoms with E-state index in [1.165, 1.54) is 6.20 Å². The zero-order valence-electron chi connectivity index (χ0n) is 9.77. The average Bonchev–Trinajstić information content (AvgIpc) is 2.81. The fraction of sp³-hybridized carbons (Fsp3) is 0.500. The number of carbonyl (C=O) groups is 1. The number of hydrogen-bond donors (Lipinski definition) is 1. The fourth-order valence-corrected chi connectivity index (χ4v) is 2.43. The van der Waals surface area contributed by atoms with Crippen molar-refractivity contribution in [1.29, 1.82) is 0 Å². The molecule has 1 aromatic rings. The van der Waals surface area contributed by atoms with Gasteiger partial charge in [-0.1, -0.05) is 23.2 Å². The standard InChI is InChI=1S/C12H14Cl2N2O2/c13-10-5-9(6-15-11(10)14)12(18)16-3-1-8(7-16)2-4-17/h5-6,8,17H,1-4,7H2. The maximum Gasteiger partial charge on any atom is 0.255 e. The van der Waals surface area contributed by atoms with Gasteiger partial charge in [0.2, 0.25) is 0 Å². The minimum Gasteiger partial charge on any atom is -0.396 e. The second kappa shape index (κ2) is 5.87. The van der Waals surface area contributed by atoms with Crippen molar-refractivity contribution in [3.63, 3.8) is 0 Å². The minimum absolute atomic E-state index is 0.0819. The Labute approximate surface area is 116 Å². The summed E-state index contributed by atoms with van der Waals surface area (Å²) in [5, 5.41) is 9.38. The Morgan fingerprint density at radius 2 is 2.33 bits per heavy atom. The molecule has 4 nitrogen and oxygen atoms in total. The molecular weight excluding hydrogens is 275 g/mol. The van der Waals surface area contributed by atoms with Crippen LogP contribution < -0.4 is 0 Å². The molecule has 0 radical (unpaired) electrons. The average molecular weight is 289 g/mol. The third-order valence-electron chi connectivity index (χ3n) is 3.15. The van der Waals surface area contributed by atoms with Gasteiger partial charge in [-0.25, -0.2) is 4.98 Å². The second-order valence-corrected chi connectivity index (χ2v) is 5.18. The Morgan fingerprint density at radius 3 is 3.00 bits per heavy atom. The summed E-state index contributed by atoms with van der Waals surface area (Å²) in [6.07, 6.45) is 3.11. The summed E-state index contributed by atoms with van der Waals surface area (Å²) in [6.45, 7) is 1.56. The number of pyridine rings is 1. The van der Waals surface area contributed by atoms with Gasteiger partial charge >= 0.3 is 0 Å². The molecule has 2 heterocycles. The van der Waals surface area contributed by atoms with Crippen molar-refractivity contribution >= 4 is 29.1 Å². The Balaban J connectivity index is 2.05. The molecule has 0 bridgehead atoms. The molecule has 1 N–H and O–H groups in total. The number of rotatable bonds is 3. The van der Waals surface area contributed by atoms with Crippen LogP contribution in [0, 0.1) is 5.92 Å². The summed E-state index contributed by atoms with van der Waals surface area (Å²) in [7, 11) is 0. The summed E-state index contributed by atoms with van der Waals surface area (Å²) in [5.41, 5.74) is 0.453. The Morgan fingerprint density at radius 1 is 1.56 bits per heavy atom. The number of aromatic nitrogens is 1.